The van der Waals surface area contributed by atoms with Gasteiger partial charge in [-0.15, -0.1) is 0 Å². The maximum absolute atomic E-state index is 11.9. The Morgan fingerprint density at radius 3 is 1.65 bits per heavy atom. The second-order valence-corrected chi connectivity index (χ2v) is 8.05. The minimum atomic E-state index is -0.663. The van der Waals surface area contributed by atoms with Gasteiger partial charge in [0.25, 0.3) is 0 Å². The monoisotopic (exact) mass is 351 g/mol. The number of hydrogen-bond acceptors (Lipinski definition) is 2. The molecule has 1 N–H and O–H groups in total. The molecule has 140 valence electrons. The number of hydrogen-bond donors (Lipinski definition) is 1. The van der Waals surface area contributed by atoms with E-state index in [1.54, 1.807) is 0 Å². The van der Waals surface area contributed by atoms with Gasteiger partial charge < -0.3 is 5.11 Å². The van der Waals surface area contributed by atoms with Crippen LogP contribution in [0.3, 0.4) is 0 Å². The largest absolute Gasteiger partial charge is 0.389 e. The Morgan fingerprint density at radius 1 is 0.846 bits per heavy atom. The first-order valence-electron chi connectivity index (χ1n) is 10.0. The Morgan fingerprint density at radius 2 is 1.27 bits per heavy atom. The standard InChI is InChI=1S/C24H33NO/c1-5-6-17-24(26)18(2)22(20-13-9-7-10-14-20)25(4)23(19(24)3)21-15-11-8-12-16-21/h7-16,18-19,22-23,26H,5-6,17H2,1-4H3. The van der Waals surface area contributed by atoms with E-state index in [4.69, 9.17) is 0 Å². The number of likely N-dealkylation sites (tertiary alicyclic amines) is 1. The molecule has 1 fully saturated rings. The summed E-state index contributed by atoms with van der Waals surface area (Å²) in [7, 11) is 2.22. The smallest absolute Gasteiger partial charge is 0.0735 e. The van der Waals surface area contributed by atoms with Crippen LogP contribution < -0.4 is 0 Å². The lowest BCUT2D eigenvalue weighted by molar-refractivity contribution is -0.159. The second kappa shape index (κ2) is 7.94. The van der Waals surface area contributed by atoms with Crippen molar-refractivity contribution in [2.24, 2.45) is 11.8 Å². The van der Waals surface area contributed by atoms with E-state index in [0.717, 1.165) is 19.3 Å². The van der Waals surface area contributed by atoms with E-state index in [1.807, 2.05) is 0 Å². The van der Waals surface area contributed by atoms with Gasteiger partial charge in [0.2, 0.25) is 0 Å². The summed E-state index contributed by atoms with van der Waals surface area (Å²) < 4.78 is 0. The van der Waals surface area contributed by atoms with E-state index in [-0.39, 0.29) is 23.9 Å². The van der Waals surface area contributed by atoms with Gasteiger partial charge in [-0.25, -0.2) is 0 Å². The van der Waals surface area contributed by atoms with Crippen molar-refractivity contribution in [3.8, 4) is 0 Å². The lowest BCUT2D eigenvalue weighted by Crippen LogP contribution is -2.58. The molecule has 4 atom stereocenters. The Labute approximate surface area is 158 Å². The van der Waals surface area contributed by atoms with Gasteiger partial charge in [0, 0.05) is 23.9 Å². The molecule has 3 rings (SSSR count). The number of piperidine rings is 1. The van der Waals surface area contributed by atoms with Gasteiger partial charge in [0.1, 0.15) is 0 Å². The SMILES string of the molecule is CCCCC1(O)C(C)C(c2ccccc2)N(C)C(c2ccccc2)C1C. The van der Waals surface area contributed by atoms with Gasteiger partial charge in [-0.1, -0.05) is 94.3 Å². The molecule has 0 aromatic heterocycles. The van der Waals surface area contributed by atoms with Crippen molar-refractivity contribution in [2.75, 3.05) is 7.05 Å². The third kappa shape index (κ3) is 3.33. The predicted octanol–water partition coefficient (Wildman–Crippen LogP) is 5.61. The first-order chi connectivity index (χ1) is 12.5. The lowest BCUT2D eigenvalue weighted by atomic mass is 9.63. The predicted molar refractivity (Wildman–Crippen MR) is 109 cm³/mol. The van der Waals surface area contributed by atoms with Crippen molar-refractivity contribution in [2.45, 2.75) is 57.7 Å². The van der Waals surface area contributed by atoms with Crippen molar-refractivity contribution in [3.63, 3.8) is 0 Å². The zero-order valence-electron chi connectivity index (χ0n) is 16.6. The number of rotatable bonds is 5. The molecule has 1 heterocycles. The number of benzene rings is 2. The van der Waals surface area contributed by atoms with Crippen LogP contribution in [0.2, 0.25) is 0 Å². The summed E-state index contributed by atoms with van der Waals surface area (Å²) in [6, 6.07) is 21.8. The van der Waals surface area contributed by atoms with E-state index < -0.39 is 5.60 Å². The Balaban J connectivity index is 2.07. The average Bonchev–Trinajstić information content (AvgIpc) is 2.67. The van der Waals surface area contributed by atoms with Crippen LogP contribution in [-0.2, 0) is 0 Å². The zero-order valence-corrected chi connectivity index (χ0v) is 16.6. The van der Waals surface area contributed by atoms with E-state index in [9.17, 15) is 5.11 Å². The fraction of sp³-hybridized carbons (Fsp3) is 0.500. The molecule has 4 unspecified atom stereocenters. The third-order valence-corrected chi connectivity index (χ3v) is 6.61. The highest BCUT2D eigenvalue weighted by Crippen LogP contribution is 2.53. The van der Waals surface area contributed by atoms with Crippen molar-refractivity contribution in [1.82, 2.24) is 4.90 Å². The molecular weight excluding hydrogens is 318 g/mol. The summed E-state index contributed by atoms with van der Waals surface area (Å²) in [5, 5.41) is 11.9. The minimum Gasteiger partial charge on any atom is -0.389 e. The van der Waals surface area contributed by atoms with Gasteiger partial charge in [-0.3, -0.25) is 4.90 Å². The molecule has 0 radical (unpaired) electrons. The molecule has 0 bridgehead atoms. The topological polar surface area (TPSA) is 23.5 Å². The van der Waals surface area contributed by atoms with Crippen LogP contribution in [0, 0.1) is 11.8 Å². The van der Waals surface area contributed by atoms with E-state index in [0.29, 0.717) is 0 Å². The molecule has 26 heavy (non-hydrogen) atoms. The van der Waals surface area contributed by atoms with Crippen molar-refractivity contribution < 1.29 is 5.11 Å². The summed E-state index contributed by atoms with van der Waals surface area (Å²) >= 11 is 0. The Bertz CT molecular complexity index is 630. The summed E-state index contributed by atoms with van der Waals surface area (Å²) in [6.07, 6.45) is 3.05. The first-order valence-corrected chi connectivity index (χ1v) is 10.0. The molecule has 2 aromatic rings. The van der Waals surface area contributed by atoms with Crippen LogP contribution in [0.4, 0.5) is 0 Å². The quantitative estimate of drug-likeness (QED) is 0.757. The summed E-state index contributed by atoms with van der Waals surface area (Å²) in [6.45, 7) is 6.68. The average molecular weight is 352 g/mol. The van der Waals surface area contributed by atoms with Crippen LogP contribution in [0.1, 0.15) is 63.2 Å². The molecule has 0 aliphatic carbocycles. The zero-order chi connectivity index (χ0) is 18.7. The second-order valence-electron chi connectivity index (χ2n) is 8.05. The Hall–Kier alpha value is -1.64. The van der Waals surface area contributed by atoms with Crippen molar-refractivity contribution in [1.29, 1.82) is 0 Å². The highest BCUT2D eigenvalue weighted by Gasteiger charge is 2.53. The first kappa shape index (κ1) is 19.1. The molecular formula is C24H33NO. The number of unbranched alkanes of at least 4 members (excludes halogenated alkanes) is 1. The van der Waals surface area contributed by atoms with Gasteiger partial charge >= 0.3 is 0 Å². The summed E-state index contributed by atoms with van der Waals surface area (Å²) in [5.74, 6) is 0.354. The highest BCUT2D eigenvalue weighted by atomic mass is 16.3. The van der Waals surface area contributed by atoms with Crippen molar-refractivity contribution in [3.05, 3.63) is 71.8 Å². The maximum atomic E-state index is 11.9. The van der Waals surface area contributed by atoms with E-state index >= 15 is 0 Å². The number of aliphatic hydroxyl groups is 1. The van der Waals surface area contributed by atoms with Crippen LogP contribution in [0.5, 0.6) is 0 Å². The molecule has 2 aromatic carbocycles. The van der Waals surface area contributed by atoms with Gasteiger partial charge in [0.05, 0.1) is 5.60 Å². The highest BCUT2D eigenvalue weighted by molar-refractivity contribution is 5.28. The van der Waals surface area contributed by atoms with Crippen LogP contribution in [0.25, 0.3) is 0 Å². The van der Waals surface area contributed by atoms with Crippen molar-refractivity contribution >= 4 is 0 Å². The fourth-order valence-corrected chi connectivity index (χ4v) is 5.10. The normalized spacial score (nSPS) is 32.5. The van der Waals surface area contributed by atoms with Gasteiger partial charge in [-0.05, 0) is 24.6 Å². The summed E-state index contributed by atoms with van der Waals surface area (Å²) in [4.78, 5) is 2.49. The molecule has 0 spiro atoms. The maximum Gasteiger partial charge on any atom is 0.0735 e. The molecule has 1 aliphatic heterocycles. The number of nitrogens with zero attached hydrogens (tertiary/aromatic N) is 1. The van der Waals surface area contributed by atoms with E-state index in [1.165, 1.54) is 11.1 Å². The van der Waals surface area contributed by atoms with Crippen LogP contribution in [-0.4, -0.2) is 22.7 Å². The third-order valence-electron chi connectivity index (χ3n) is 6.61. The molecule has 0 amide bonds. The van der Waals surface area contributed by atoms with E-state index in [2.05, 4.69) is 93.4 Å². The summed E-state index contributed by atoms with van der Waals surface area (Å²) in [5.41, 5.74) is 1.93. The molecule has 0 saturated carbocycles. The van der Waals surface area contributed by atoms with Gasteiger partial charge in [0.15, 0.2) is 0 Å². The van der Waals surface area contributed by atoms with Crippen LogP contribution >= 0.6 is 0 Å². The molecule has 1 aliphatic rings. The minimum absolute atomic E-state index is 0.177. The lowest BCUT2D eigenvalue weighted by Gasteiger charge is -2.56. The molecule has 2 heteroatoms. The molecule has 2 nitrogen and oxygen atoms in total. The molecule has 1 saturated heterocycles. The van der Waals surface area contributed by atoms with Gasteiger partial charge in [-0.2, -0.15) is 0 Å². The Kier molecular flexibility index (Phi) is 5.84. The fourth-order valence-electron chi connectivity index (χ4n) is 5.10. The van der Waals surface area contributed by atoms with Crippen LogP contribution in [0.15, 0.2) is 60.7 Å².